The van der Waals surface area contributed by atoms with Crippen LogP contribution in [-0.2, 0) is 23.7 Å². The van der Waals surface area contributed by atoms with Gasteiger partial charge in [-0.05, 0) is 13.8 Å². The van der Waals surface area contributed by atoms with Gasteiger partial charge in [0, 0.05) is 5.56 Å². The van der Waals surface area contributed by atoms with Crippen LogP contribution in [0.1, 0.15) is 25.7 Å². The van der Waals surface area contributed by atoms with Crippen LogP contribution in [0.5, 0.6) is 0 Å². The van der Waals surface area contributed by atoms with Crippen LogP contribution >= 0.6 is 0 Å². The molecule has 3 aliphatic rings. The Kier molecular flexibility index (Phi) is 5.67. The minimum Gasteiger partial charge on any atom is -0.853 e. The molecule has 23 heavy (non-hydrogen) atoms. The summed E-state index contributed by atoms with van der Waals surface area (Å²) in [7, 11) is 0. The normalized spacial score (nSPS) is 41.0. The van der Waals surface area contributed by atoms with Gasteiger partial charge in [-0.15, -0.1) is 6.61 Å². The molecule has 1 unspecified atom stereocenters. The molecule has 0 spiro atoms. The average molecular weight is 346 g/mol. The molecule has 4 rings (SSSR count). The zero-order valence-electron chi connectivity index (χ0n) is 13.5. The van der Waals surface area contributed by atoms with E-state index in [1.54, 1.807) is 0 Å². The van der Waals surface area contributed by atoms with E-state index < -0.39 is 37.2 Å². The van der Waals surface area contributed by atoms with E-state index in [4.69, 9.17) is 23.7 Å². The molecule has 3 aliphatic heterocycles. The molecule has 3 heterocycles. The zero-order chi connectivity index (χ0) is 15.3. The summed E-state index contributed by atoms with van der Waals surface area (Å²) in [5.74, 6) is -0.711. The fourth-order valence-corrected chi connectivity index (χ4v) is 3.27. The van der Waals surface area contributed by atoms with Crippen molar-refractivity contribution >= 4 is 0 Å². The minimum atomic E-state index is -0.711. The standard InChI is InChI=1S/C16H19O6.K/c1-16(2)21-13-12-11(19-15(13)22-16)10(8-17)18-14(20-12)9-6-4-3-5-7-9;/h3-7,10-15H,8H2,1-2H3;/q-1;+1/t10-,11-,12+,13-,14?,15-;/m1./s1. The third kappa shape index (κ3) is 3.47. The van der Waals surface area contributed by atoms with E-state index in [1.807, 2.05) is 44.2 Å². The molecule has 0 saturated carbocycles. The van der Waals surface area contributed by atoms with Gasteiger partial charge in [-0.3, -0.25) is 0 Å². The maximum absolute atomic E-state index is 11.5. The summed E-state index contributed by atoms with van der Waals surface area (Å²) in [6.45, 7) is 3.28. The number of hydrogen-bond acceptors (Lipinski definition) is 6. The van der Waals surface area contributed by atoms with Gasteiger partial charge in [0.05, 0.1) is 6.10 Å². The van der Waals surface area contributed by atoms with Crippen LogP contribution in [0.25, 0.3) is 0 Å². The second-order valence-corrected chi connectivity index (χ2v) is 6.25. The molecule has 0 bridgehead atoms. The molecule has 0 amide bonds. The molecular formula is C16H19KO6. The number of rotatable bonds is 2. The molecule has 7 heteroatoms. The first-order valence-electron chi connectivity index (χ1n) is 7.52. The fraction of sp³-hybridized carbons (Fsp3) is 0.625. The summed E-state index contributed by atoms with van der Waals surface area (Å²) in [4.78, 5) is 0. The molecule has 3 saturated heterocycles. The van der Waals surface area contributed by atoms with Gasteiger partial charge >= 0.3 is 51.4 Å². The van der Waals surface area contributed by atoms with Crippen LogP contribution in [0.15, 0.2) is 30.3 Å². The zero-order valence-corrected chi connectivity index (χ0v) is 16.6. The van der Waals surface area contributed by atoms with Gasteiger partial charge in [-0.1, -0.05) is 30.3 Å². The van der Waals surface area contributed by atoms with Crippen molar-refractivity contribution in [3.05, 3.63) is 35.9 Å². The summed E-state index contributed by atoms with van der Waals surface area (Å²) >= 11 is 0. The van der Waals surface area contributed by atoms with Gasteiger partial charge in [-0.25, -0.2) is 0 Å². The van der Waals surface area contributed by atoms with Crippen LogP contribution in [-0.4, -0.2) is 43.1 Å². The SMILES string of the molecule is CC1(C)O[C@H]2O[C@H]3[C@H](OC(c4ccccc4)O[C@@H]3C[O-])[C@H]2O1.[K+]. The Hall–Kier alpha value is 0.616. The molecule has 1 aromatic carbocycles. The van der Waals surface area contributed by atoms with Crippen molar-refractivity contribution in [1.29, 1.82) is 0 Å². The van der Waals surface area contributed by atoms with E-state index in [1.165, 1.54) is 0 Å². The van der Waals surface area contributed by atoms with Crippen molar-refractivity contribution < 1.29 is 80.2 Å². The van der Waals surface area contributed by atoms with Gasteiger partial charge in [0.25, 0.3) is 0 Å². The Labute approximate surface area is 177 Å². The predicted molar refractivity (Wildman–Crippen MR) is 72.5 cm³/mol. The van der Waals surface area contributed by atoms with E-state index >= 15 is 0 Å². The third-order valence-electron chi connectivity index (χ3n) is 4.21. The first-order chi connectivity index (χ1) is 10.6. The summed E-state index contributed by atoms with van der Waals surface area (Å²) in [6, 6.07) is 9.57. The van der Waals surface area contributed by atoms with Crippen molar-refractivity contribution in [3.8, 4) is 0 Å². The summed E-state index contributed by atoms with van der Waals surface area (Å²) in [5, 5.41) is 11.5. The largest absolute Gasteiger partial charge is 1.00 e. The topological polar surface area (TPSA) is 69.2 Å². The van der Waals surface area contributed by atoms with Gasteiger partial charge in [0.2, 0.25) is 0 Å². The van der Waals surface area contributed by atoms with Gasteiger partial charge in [0.15, 0.2) is 18.4 Å². The van der Waals surface area contributed by atoms with E-state index in [0.717, 1.165) is 5.56 Å². The first kappa shape index (κ1) is 18.4. The van der Waals surface area contributed by atoms with Crippen molar-refractivity contribution in [3.63, 3.8) is 0 Å². The molecule has 0 radical (unpaired) electrons. The average Bonchev–Trinajstić information content (AvgIpc) is 2.99. The molecule has 120 valence electrons. The number of hydrogen-bond donors (Lipinski definition) is 0. The molecule has 6 nitrogen and oxygen atoms in total. The maximum Gasteiger partial charge on any atom is 1.00 e. The number of benzene rings is 1. The Morgan fingerprint density at radius 1 is 0.957 bits per heavy atom. The van der Waals surface area contributed by atoms with Crippen LogP contribution in [0.2, 0.25) is 0 Å². The van der Waals surface area contributed by atoms with E-state index in [-0.39, 0.29) is 63.6 Å². The van der Waals surface area contributed by atoms with Gasteiger partial charge < -0.3 is 28.8 Å². The fourth-order valence-electron chi connectivity index (χ4n) is 3.27. The number of fused-ring (bicyclic) bond motifs is 3. The van der Waals surface area contributed by atoms with E-state index in [0.29, 0.717) is 0 Å². The monoisotopic (exact) mass is 346 g/mol. The molecule has 0 N–H and O–H groups in total. The minimum absolute atomic E-state index is 0. The summed E-state index contributed by atoms with van der Waals surface area (Å²) in [6.07, 6.45) is -2.85. The van der Waals surface area contributed by atoms with Crippen LogP contribution in [0.3, 0.4) is 0 Å². The Morgan fingerprint density at radius 3 is 2.39 bits per heavy atom. The summed E-state index contributed by atoms with van der Waals surface area (Å²) in [5.41, 5.74) is 0.876. The van der Waals surface area contributed by atoms with Crippen LogP contribution in [0, 0.1) is 0 Å². The molecule has 3 fully saturated rings. The van der Waals surface area contributed by atoms with Crippen LogP contribution < -0.4 is 56.5 Å². The van der Waals surface area contributed by atoms with Crippen molar-refractivity contribution in [2.45, 2.75) is 56.6 Å². The molecule has 6 atom stereocenters. The van der Waals surface area contributed by atoms with Gasteiger partial charge in [0.1, 0.15) is 18.3 Å². The third-order valence-corrected chi connectivity index (χ3v) is 4.21. The first-order valence-corrected chi connectivity index (χ1v) is 7.52. The van der Waals surface area contributed by atoms with E-state index in [2.05, 4.69) is 0 Å². The van der Waals surface area contributed by atoms with Crippen molar-refractivity contribution in [2.75, 3.05) is 6.61 Å². The smallest absolute Gasteiger partial charge is 0.853 e. The molecular weight excluding hydrogens is 327 g/mol. The molecule has 0 aliphatic carbocycles. The Bertz CT molecular complexity index is 539. The molecule has 0 aromatic heterocycles. The van der Waals surface area contributed by atoms with E-state index in [9.17, 15) is 5.11 Å². The Morgan fingerprint density at radius 2 is 1.70 bits per heavy atom. The van der Waals surface area contributed by atoms with Crippen LogP contribution in [0.4, 0.5) is 0 Å². The second kappa shape index (κ2) is 7.09. The van der Waals surface area contributed by atoms with Crippen molar-refractivity contribution in [1.82, 2.24) is 0 Å². The summed E-state index contributed by atoms with van der Waals surface area (Å²) < 4.78 is 29.2. The van der Waals surface area contributed by atoms with Gasteiger partial charge in [-0.2, -0.15) is 0 Å². The quantitative estimate of drug-likeness (QED) is 0.562. The molecule has 1 aromatic rings. The maximum atomic E-state index is 11.5. The second-order valence-electron chi connectivity index (χ2n) is 6.25. The number of ether oxygens (including phenoxy) is 5. The predicted octanol–water partition coefficient (Wildman–Crippen LogP) is -2.29. The Balaban J connectivity index is 0.00000156. The van der Waals surface area contributed by atoms with Crippen molar-refractivity contribution in [2.24, 2.45) is 0 Å².